The predicted octanol–water partition coefficient (Wildman–Crippen LogP) is 1.60. The Morgan fingerprint density at radius 1 is 1.50 bits per heavy atom. The van der Waals surface area contributed by atoms with E-state index in [1.165, 1.54) is 6.92 Å². The first-order valence-electron chi connectivity index (χ1n) is 6.28. The fraction of sp³-hybridized carbons (Fsp3) is 0.214. The number of rotatable bonds is 4. The molecular weight excluding hydrogens is 275 g/mol. The largest absolute Gasteiger partial charge is 0.492 e. The average Bonchev–Trinajstić information content (AvgIpc) is 3.06. The molecular formula is C14H13BO4S. The number of hydrogen-bond donors (Lipinski definition) is 1. The Hall–Kier alpha value is -1.63. The molecule has 1 aromatic carbocycles. The second kappa shape index (κ2) is 5.40. The smallest absolute Gasteiger partial charge is 0.485 e. The van der Waals surface area contributed by atoms with E-state index in [0.717, 1.165) is 21.5 Å². The molecule has 0 radical (unpaired) electrons. The predicted molar refractivity (Wildman–Crippen MR) is 78.3 cm³/mol. The summed E-state index contributed by atoms with van der Waals surface area (Å²) in [5.41, 5.74) is 2.52. The molecule has 0 aliphatic carbocycles. The quantitative estimate of drug-likeness (QED) is 0.868. The molecule has 2 aromatic rings. The van der Waals surface area contributed by atoms with Gasteiger partial charge in [0.15, 0.2) is 5.78 Å². The van der Waals surface area contributed by atoms with Gasteiger partial charge in [-0.1, -0.05) is 12.1 Å². The van der Waals surface area contributed by atoms with Gasteiger partial charge >= 0.3 is 7.12 Å². The summed E-state index contributed by atoms with van der Waals surface area (Å²) < 4.78 is 10.9. The summed E-state index contributed by atoms with van der Waals surface area (Å²) >= 11 is 1.56. The molecule has 0 fully saturated rings. The number of Topliss-reactive ketones (excluding diaryl/α,β-unsaturated/α-hetero) is 1. The Labute approximate surface area is 121 Å². The van der Waals surface area contributed by atoms with E-state index in [1.54, 1.807) is 11.3 Å². The highest BCUT2D eigenvalue weighted by Gasteiger charge is 2.32. The summed E-state index contributed by atoms with van der Waals surface area (Å²) in [6, 6.07) is 7.61. The maximum Gasteiger partial charge on any atom is 0.492 e. The fourth-order valence-electron chi connectivity index (χ4n) is 2.28. The summed E-state index contributed by atoms with van der Waals surface area (Å²) in [7, 11) is -0.942. The highest BCUT2D eigenvalue weighted by molar-refractivity contribution is 7.13. The SMILES string of the molecule is CC(=O)COc1ccc2c(c1-c1cccs1)B(O)OC2. The molecule has 0 spiro atoms. The highest BCUT2D eigenvalue weighted by Crippen LogP contribution is 2.34. The second-order valence-electron chi connectivity index (χ2n) is 4.64. The number of ether oxygens (including phenoxy) is 1. The van der Waals surface area contributed by atoms with Gasteiger partial charge in [0.2, 0.25) is 0 Å². The van der Waals surface area contributed by atoms with Crippen molar-refractivity contribution in [1.29, 1.82) is 0 Å². The van der Waals surface area contributed by atoms with Gasteiger partial charge in [-0.15, -0.1) is 11.3 Å². The Morgan fingerprint density at radius 2 is 2.35 bits per heavy atom. The first-order chi connectivity index (χ1) is 9.66. The van der Waals surface area contributed by atoms with Crippen LogP contribution in [-0.2, 0) is 16.1 Å². The molecule has 0 saturated carbocycles. The lowest BCUT2D eigenvalue weighted by Crippen LogP contribution is -2.30. The van der Waals surface area contributed by atoms with Crippen LogP contribution in [0.2, 0.25) is 0 Å². The Kier molecular flexibility index (Phi) is 3.61. The molecule has 1 aromatic heterocycles. The molecule has 4 nitrogen and oxygen atoms in total. The lowest BCUT2D eigenvalue weighted by molar-refractivity contribution is -0.118. The maximum absolute atomic E-state index is 11.1. The van der Waals surface area contributed by atoms with Gasteiger partial charge in [-0.3, -0.25) is 4.79 Å². The molecule has 102 valence electrons. The molecule has 2 heterocycles. The van der Waals surface area contributed by atoms with E-state index in [-0.39, 0.29) is 12.4 Å². The summed E-state index contributed by atoms with van der Waals surface area (Å²) in [6.07, 6.45) is 0. The highest BCUT2D eigenvalue weighted by atomic mass is 32.1. The van der Waals surface area contributed by atoms with Crippen LogP contribution < -0.4 is 10.2 Å². The van der Waals surface area contributed by atoms with Crippen LogP contribution in [0.4, 0.5) is 0 Å². The summed E-state index contributed by atoms with van der Waals surface area (Å²) in [5.74, 6) is 0.561. The van der Waals surface area contributed by atoms with E-state index in [0.29, 0.717) is 12.4 Å². The van der Waals surface area contributed by atoms with Crippen molar-refractivity contribution in [1.82, 2.24) is 0 Å². The van der Waals surface area contributed by atoms with E-state index in [1.807, 2.05) is 29.6 Å². The lowest BCUT2D eigenvalue weighted by atomic mass is 9.75. The third kappa shape index (κ3) is 2.37. The maximum atomic E-state index is 11.1. The van der Waals surface area contributed by atoms with Gasteiger partial charge in [-0.2, -0.15) is 0 Å². The van der Waals surface area contributed by atoms with E-state index >= 15 is 0 Å². The first-order valence-corrected chi connectivity index (χ1v) is 7.16. The first kappa shape index (κ1) is 13.4. The third-order valence-electron chi connectivity index (χ3n) is 3.14. The lowest BCUT2D eigenvalue weighted by Gasteiger charge is -2.13. The number of ketones is 1. The van der Waals surface area contributed by atoms with E-state index in [4.69, 9.17) is 9.39 Å². The zero-order valence-corrected chi connectivity index (χ0v) is 11.8. The molecule has 1 aliphatic heterocycles. The van der Waals surface area contributed by atoms with Crippen LogP contribution in [0.3, 0.4) is 0 Å². The topological polar surface area (TPSA) is 55.8 Å². The van der Waals surface area contributed by atoms with Gasteiger partial charge in [-0.05, 0) is 30.0 Å². The van der Waals surface area contributed by atoms with Crippen molar-refractivity contribution >= 4 is 29.7 Å². The van der Waals surface area contributed by atoms with E-state index < -0.39 is 7.12 Å². The van der Waals surface area contributed by atoms with Gasteiger partial charge in [0.05, 0.1) is 6.61 Å². The molecule has 0 saturated heterocycles. The molecule has 20 heavy (non-hydrogen) atoms. The normalized spacial score (nSPS) is 13.4. The van der Waals surface area contributed by atoms with Crippen LogP contribution in [0.25, 0.3) is 10.4 Å². The monoisotopic (exact) mass is 288 g/mol. The van der Waals surface area contributed by atoms with Crippen LogP contribution in [0.15, 0.2) is 29.6 Å². The fourth-order valence-corrected chi connectivity index (χ4v) is 3.07. The minimum absolute atomic E-state index is 0.0219. The number of carbonyl (C=O) groups excluding carboxylic acids is 1. The van der Waals surface area contributed by atoms with Crippen molar-refractivity contribution in [2.24, 2.45) is 0 Å². The number of carbonyl (C=O) groups is 1. The zero-order chi connectivity index (χ0) is 14.1. The summed E-state index contributed by atoms with van der Waals surface area (Å²) in [4.78, 5) is 12.1. The second-order valence-corrected chi connectivity index (χ2v) is 5.59. The van der Waals surface area contributed by atoms with Crippen LogP contribution in [0, 0.1) is 0 Å². The summed E-state index contributed by atoms with van der Waals surface area (Å²) in [6.45, 7) is 1.89. The van der Waals surface area contributed by atoms with Crippen molar-refractivity contribution in [3.8, 4) is 16.2 Å². The molecule has 0 amide bonds. The van der Waals surface area contributed by atoms with Crippen LogP contribution in [-0.4, -0.2) is 24.5 Å². The van der Waals surface area contributed by atoms with Crippen LogP contribution >= 0.6 is 11.3 Å². The van der Waals surface area contributed by atoms with Gasteiger partial charge in [0.1, 0.15) is 12.4 Å². The zero-order valence-electron chi connectivity index (χ0n) is 11.0. The van der Waals surface area contributed by atoms with Crippen molar-refractivity contribution in [2.75, 3.05) is 6.61 Å². The molecule has 6 heteroatoms. The third-order valence-corrected chi connectivity index (χ3v) is 4.03. The van der Waals surface area contributed by atoms with E-state index in [9.17, 15) is 9.82 Å². The van der Waals surface area contributed by atoms with Crippen molar-refractivity contribution in [2.45, 2.75) is 13.5 Å². The minimum Gasteiger partial charge on any atom is -0.485 e. The molecule has 3 rings (SSSR count). The van der Waals surface area contributed by atoms with Crippen molar-refractivity contribution in [3.05, 3.63) is 35.2 Å². The van der Waals surface area contributed by atoms with Crippen LogP contribution in [0.1, 0.15) is 12.5 Å². The van der Waals surface area contributed by atoms with E-state index in [2.05, 4.69) is 0 Å². The Balaban J connectivity index is 2.11. The molecule has 1 aliphatic rings. The van der Waals surface area contributed by atoms with Crippen molar-refractivity contribution in [3.63, 3.8) is 0 Å². The Bertz CT molecular complexity index is 639. The Morgan fingerprint density at radius 3 is 3.05 bits per heavy atom. The number of thiophene rings is 1. The molecule has 0 atom stereocenters. The van der Waals surface area contributed by atoms with Crippen molar-refractivity contribution < 1.29 is 19.2 Å². The number of hydrogen-bond acceptors (Lipinski definition) is 5. The van der Waals surface area contributed by atoms with Gasteiger partial charge < -0.3 is 14.4 Å². The van der Waals surface area contributed by atoms with Gasteiger partial charge in [0, 0.05) is 15.9 Å². The average molecular weight is 288 g/mol. The number of benzene rings is 1. The molecule has 0 unspecified atom stereocenters. The number of fused-ring (bicyclic) bond motifs is 1. The minimum atomic E-state index is -0.942. The van der Waals surface area contributed by atoms with Gasteiger partial charge in [-0.25, -0.2) is 0 Å². The summed E-state index contributed by atoms with van der Waals surface area (Å²) in [5, 5.41) is 12.0. The molecule has 0 bridgehead atoms. The standard InChI is InChI=1S/C14H13BO4S/c1-9(16)7-18-11-5-4-10-8-19-15(17)14(10)13(11)12-3-2-6-20-12/h2-6,17H,7-8H2,1H3. The van der Waals surface area contributed by atoms with Crippen LogP contribution in [0.5, 0.6) is 5.75 Å². The molecule has 1 N–H and O–H groups in total. The van der Waals surface area contributed by atoms with Gasteiger partial charge in [0.25, 0.3) is 0 Å².